The van der Waals surface area contributed by atoms with Gasteiger partial charge in [-0.1, -0.05) is 38.1 Å². The maximum Gasteiger partial charge on any atom is 0.100 e. The van der Waals surface area contributed by atoms with Crippen LogP contribution >= 0.6 is 0 Å². The number of nitrogens with zero attached hydrogens (tertiary/aromatic N) is 1. The number of pyridine rings is 1. The summed E-state index contributed by atoms with van der Waals surface area (Å²) in [5, 5.41) is 10.1. The summed E-state index contributed by atoms with van der Waals surface area (Å²) in [6, 6.07) is 10.3. The molecule has 2 aromatic rings. The highest BCUT2D eigenvalue weighted by molar-refractivity contribution is 5.68. The van der Waals surface area contributed by atoms with Gasteiger partial charge in [0.25, 0.3) is 0 Å². The van der Waals surface area contributed by atoms with E-state index in [0.29, 0.717) is 17.3 Å². The van der Waals surface area contributed by atoms with Crippen molar-refractivity contribution in [2.45, 2.75) is 25.9 Å². The van der Waals surface area contributed by atoms with Crippen LogP contribution in [0.15, 0.2) is 36.5 Å². The molecule has 0 spiro atoms. The Morgan fingerprint density at radius 3 is 2.59 bits per heavy atom. The van der Waals surface area contributed by atoms with Crippen LogP contribution in [-0.4, -0.2) is 23.3 Å². The third kappa shape index (κ3) is 2.85. The number of aromatic nitrogens is 1. The quantitative estimate of drug-likeness (QED) is 0.910. The number of benzene rings is 1. The molecule has 1 unspecified atom stereocenters. The predicted molar refractivity (Wildman–Crippen MR) is 87.4 cm³/mol. The summed E-state index contributed by atoms with van der Waals surface area (Å²) in [4.78, 5) is 4.38. The molecule has 1 aromatic heterocycles. The van der Waals surface area contributed by atoms with E-state index in [1.807, 2.05) is 19.9 Å². The van der Waals surface area contributed by atoms with Gasteiger partial charge in [-0.3, -0.25) is 4.98 Å². The molecule has 0 radical (unpaired) electrons. The Bertz CT molecular complexity index is 666. The lowest BCUT2D eigenvalue weighted by molar-refractivity contribution is 0.00844. The zero-order valence-electron chi connectivity index (χ0n) is 13.0. The van der Waals surface area contributed by atoms with E-state index in [1.54, 1.807) is 6.20 Å². The molecule has 4 nitrogen and oxygen atoms in total. The molecule has 116 valence electrons. The number of aliphatic hydroxyl groups is 1. The lowest BCUT2D eigenvalue weighted by Gasteiger charge is -2.26. The maximum atomic E-state index is 10.1. The van der Waals surface area contributed by atoms with E-state index >= 15 is 0 Å². The van der Waals surface area contributed by atoms with Crippen molar-refractivity contribution in [2.24, 2.45) is 5.92 Å². The molecule has 1 aliphatic heterocycles. The number of anilines is 1. The molecule has 1 fully saturated rings. The second kappa shape index (κ2) is 6.07. The van der Waals surface area contributed by atoms with Gasteiger partial charge in [0.15, 0.2) is 0 Å². The molecule has 4 heteroatoms. The smallest absolute Gasteiger partial charge is 0.100 e. The molecule has 1 saturated heterocycles. The van der Waals surface area contributed by atoms with E-state index in [9.17, 15) is 5.11 Å². The Morgan fingerprint density at radius 1 is 1.23 bits per heavy atom. The van der Waals surface area contributed by atoms with Crippen LogP contribution in [0.3, 0.4) is 0 Å². The van der Waals surface area contributed by atoms with Crippen LogP contribution in [0.4, 0.5) is 5.69 Å². The molecule has 2 heterocycles. The number of nitrogens with two attached hydrogens (primary N) is 1. The number of hydrogen-bond acceptors (Lipinski definition) is 4. The van der Waals surface area contributed by atoms with Gasteiger partial charge in [0.05, 0.1) is 24.6 Å². The normalized spacial score (nSPS) is 16.5. The number of aliphatic hydroxyl groups excluding tert-OH is 1. The van der Waals surface area contributed by atoms with E-state index < -0.39 is 6.10 Å². The standard InChI is InChI=1S/C18H22N2O2/c1-11(2)18(21)17-16(19)7-14(8-20-17)12-4-3-5-13(6-12)15-9-22-10-15/h3-8,11,15,18,21H,9-10,19H2,1-2H3. The molecule has 1 atom stereocenters. The Morgan fingerprint density at radius 2 is 2.00 bits per heavy atom. The Kier molecular flexibility index (Phi) is 4.14. The Balaban J connectivity index is 1.90. The minimum absolute atomic E-state index is 0.0857. The molecular weight excluding hydrogens is 276 g/mol. The van der Waals surface area contributed by atoms with Crippen molar-refractivity contribution >= 4 is 5.69 Å². The topological polar surface area (TPSA) is 68.4 Å². The van der Waals surface area contributed by atoms with Gasteiger partial charge in [-0.2, -0.15) is 0 Å². The fourth-order valence-electron chi connectivity index (χ4n) is 2.61. The molecule has 0 saturated carbocycles. The zero-order valence-corrected chi connectivity index (χ0v) is 13.0. The number of nitrogen functional groups attached to an aromatic ring is 1. The zero-order chi connectivity index (χ0) is 15.7. The second-order valence-corrected chi connectivity index (χ2v) is 6.25. The van der Waals surface area contributed by atoms with Crippen molar-refractivity contribution in [2.75, 3.05) is 18.9 Å². The van der Waals surface area contributed by atoms with Crippen LogP contribution in [0, 0.1) is 5.92 Å². The van der Waals surface area contributed by atoms with Crippen molar-refractivity contribution in [3.63, 3.8) is 0 Å². The third-order valence-corrected chi connectivity index (χ3v) is 4.19. The first-order valence-corrected chi connectivity index (χ1v) is 7.68. The Hall–Kier alpha value is -1.91. The highest BCUT2D eigenvalue weighted by Crippen LogP contribution is 2.31. The van der Waals surface area contributed by atoms with Gasteiger partial charge in [-0.25, -0.2) is 0 Å². The molecule has 0 amide bonds. The van der Waals surface area contributed by atoms with E-state index in [4.69, 9.17) is 10.5 Å². The summed E-state index contributed by atoms with van der Waals surface area (Å²) in [6.45, 7) is 5.49. The summed E-state index contributed by atoms with van der Waals surface area (Å²) in [7, 11) is 0. The largest absolute Gasteiger partial charge is 0.397 e. The lowest BCUT2D eigenvalue weighted by atomic mass is 9.94. The number of ether oxygens (including phenoxy) is 1. The molecule has 3 N–H and O–H groups in total. The van der Waals surface area contributed by atoms with Crippen LogP contribution < -0.4 is 5.73 Å². The predicted octanol–water partition coefficient (Wildman–Crippen LogP) is 3.13. The molecule has 0 aliphatic carbocycles. The van der Waals surface area contributed by atoms with Gasteiger partial charge in [0.1, 0.15) is 6.10 Å². The van der Waals surface area contributed by atoms with Crippen LogP contribution in [-0.2, 0) is 4.74 Å². The van der Waals surface area contributed by atoms with Crippen molar-refractivity contribution in [3.05, 3.63) is 47.8 Å². The monoisotopic (exact) mass is 298 g/mol. The Labute approximate surface area is 131 Å². The minimum atomic E-state index is -0.632. The van der Waals surface area contributed by atoms with Gasteiger partial charge < -0.3 is 15.6 Å². The first kappa shape index (κ1) is 15.0. The molecule has 1 aliphatic rings. The van der Waals surface area contributed by atoms with Crippen LogP contribution in [0.25, 0.3) is 11.1 Å². The molecule has 22 heavy (non-hydrogen) atoms. The van der Waals surface area contributed by atoms with Gasteiger partial charge in [0, 0.05) is 17.7 Å². The van der Waals surface area contributed by atoms with Gasteiger partial charge in [-0.15, -0.1) is 0 Å². The van der Waals surface area contributed by atoms with E-state index in [-0.39, 0.29) is 5.92 Å². The first-order chi connectivity index (χ1) is 10.6. The fourth-order valence-corrected chi connectivity index (χ4v) is 2.61. The first-order valence-electron chi connectivity index (χ1n) is 7.68. The molecule has 0 bridgehead atoms. The summed E-state index contributed by atoms with van der Waals surface area (Å²) in [5.74, 6) is 0.579. The average molecular weight is 298 g/mol. The third-order valence-electron chi connectivity index (χ3n) is 4.19. The van der Waals surface area contributed by atoms with Crippen LogP contribution in [0.5, 0.6) is 0 Å². The van der Waals surface area contributed by atoms with E-state index in [0.717, 1.165) is 24.3 Å². The summed E-state index contributed by atoms with van der Waals surface area (Å²) in [5.41, 5.74) is 10.5. The number of hydrogen-bond donors (Lipinski definition) is 2. The van der Waals surface area contributed by atoms with Crippen molar-refractivity contribution in [1.82, 2.24) is 4.98 Å². The summed E-state index contributed by atoms with van der Waals surface area (Å²) in [6.07, 6.45) is 1.15. The van der Waals surface area contributed by atoms with Gasteiger partial charge in [0.2, 0.25) is 0 Å². The van der Waals surface area contributed by atoms with Crippen molar-refractivity contribution in [3.8, 4) is 11.1 Å². The molecule has 3 rings (SSSR count). The highest BCUT2D eigenvalue weighted by Gasteiger charge is 2.21. The number of rotatable bonds is 4. The second-order valence-electron chi connectivity index (χ2n) is 6.25. The summed E-state index contributed by atoms with van der Waals surface area (Å²) >= 11 is 0. The fraction of sp³-hybridized carbons (Fsp3) is 0.389. The maximum absolute atomic E-state index is 10.1. The SMILES string of the molecule is CC(C)C(O)c1ncc(-c2cccc(C3COC3)c2)cc1N. The lowest BCUT2D eigenvalue weighted by Crippen LogP contribution is -2.24. The van der Waals surface area contributed by atoms with Gasteiger partial charge >= 0.3 is 0 Å². The van der Waals surface area contributed by atoms with Crippen LogP contribution in [0.2, 0.25) is 0 Å². The van der Waals surface area contributed by atoms with Crippen molar-refractivity contribution in [1.29, 1.82) is 0 Å². The van der Waals surface area contributed by atoms with E-state index in [2.05, 4.69) is 29.2 Å². The van der Waals surface area contributed by atoms with Crippen molar-refractivity contribution < 1.29 is 9.84 Å². The molecule has 1 aromatic carbocycles. The molecular formula is C18H22N2O2. The van der Waals surface area contributed by atoms with Crippen LogP contribution in [0.1, 0.15) is 37.1 Å². The average Bonchev–Trinajstić information content (AvgIpc) is 2.45. The summed E-state index contributed by atoms with van der Waals surface area (Å²) < 4.78 is 5.26. The van der Waals surface area contributed by atoms with Gasteiger partial charge in [-0.05, 0) is 23.1 Å². The van der Waals surface area contributed by atoms with E-state index in [1.165, 1.54) is 5.56 Å². The minimum Gasteiger partial charge on any atom is -0.397 e. The highest BCUT2D eigenvalue weighted by atomic mass is 16.5.